The first-order chi connectivity index (χ1) is 9.31. The lowest BCUT2D eigenvalue weighted by Gasteiger charge is -2.10. The third kappa shape index (κ3) is 2.83. The van der Waals surface area contributed by atoms with Crippen LogP contribution in [0.5, 0.6) is 0 Å². The zero-order valence-electron chi connectivity index (χ0n) is 9.90. The van der Waals surface area contributed by atoms with Crippen LogP contribution >= 0.6 is 11.6 Å². The zero-order chi connectivity index (χ0) is 14.9. The van der Waals surface area contributed by atoms with Crippen molar-refractivity contribution in [2.75, 3.05) is 10.5 Å². The van der Waals surface area contributed by atoms with Crippen molar-refractivity contribution in [3.05, 3.63) is 53.1 Å². The number of rotatable bonds is 3. The first kappa shape index (κ1) is 14.5. The third-order valence-electron chi connectivity index (χ3n) is 2.48. The molecule has 0 aromatic heterocycles. The second-order valence-electron chi connectivity index (χ2n) is 3.89. The molecule has 2 rings (SSSR count). The van der Waals surface area contributed by atoms with Gasteiger partial charge in [-0.3, -0.25) is 4.72 Å². The van der Waals surface area contributed by atoms with Gasteiger partial charge < -0.3 is 5.73 Å². The van der Waals surface area contributed by atoms with Gasteiger partial charge in [0.15, 0.2) is 0 Å². The molecule has 0 atom stereocenters. The fourth-order valence-electron chi connectivity index (χ4n) is 1.46. The monoisotopic (exact) mass is 318 g/mol. The molecule has 8 heteroatoms. The summed E-state index contributed by atoms with van der Waals surface area (Å²) in [6, 6.07) is 6.66. The van der Waals surface area contributed by atoms with E-state index in [4.69, 9.17) is 17.3 Å². The van der Waals surface area contributed by atoms with Crippen molar-refractivity contribution < 1.29 is 17.2 Å². The van der Waals surface area contributed by atoms with Gasteiger partial charge in [-0.15, -0.1) is 0 Å². The third-order valence-corrected chi connectivity index (χ3v) is 4.14. The fourth-order valence-corrected chi connectivity index (χ4v) is 2.83. The zero-order valence-corrected chi connectivity index (χ0v) is 11.5. The summed E-state index contributed by atoms with van der Waals surface area (Å²) in [5.74, 6) is -1.72. The molecule has 0 saturated heterocycles. The highest BCUT2D eigenvalue weighted by Gasteiger charge is 2.19. The van der Waals surface area contributed by atoms with Crippen LogP contribution in [0, 0.1) is 11.6 Å². The topological polar surface area (TPSA) is 72.2 Å². The van der Waals surface area contributed by atoms with Gasteiger partial charge in [0.2, 0.25) is 0 Å². The molecule has 0 unspecified atom stereocenters. The van der Waals surface area contributed by atoms with E-state index in [0.717, 1.165) is 24.3 Å². The van der Waals surface area contributed by atoms with Gasteiger partial charge in [0.05, 0.1) is 15.6 Å². The molecule has 4 nitrogen and oxygen atoms in total. The molecule has 0 saturated carbocycles. The van der Waals surface area contributed by atoms with Crippen molar-refractivity contribution in [3.8, 4) is 0 Å². The lowest BCUT2D eigenvalue weighted by Crippen LogP contribution is -2.14. The predicted octanol–water partition coefficient (Wildman–Crippen LogP) is 3.00. The van der Waals surface area contributed by atoms with Crippen LogP contribution in [0.15, 0.2) is 41.3 Å². The number of nitrogens with one attached hydrogen (secondary N) is 1. The van der Waals surface area contributed by atoms with Crippen molar-refractivity contribution in [3.63, 3.8) is 0 Å². The Hall–Kier alpha value is -1.86. The van der Waals surface area contributed by atoms with E-state index < -0.39 is 27.3 Å². The largest absolute Gasteiger partial charge is 0.396 e. The number of sulfonamides is 1. The first-order valence-corrected chi connectivity index (χ1v) is 7.19. The van der Waals surface area contributed by atoms with Crippen LogP contribution in [0.1, 0.15) is 0 Å². The summed E-state index contributed by atoms with van der Waals surface area (Å²) in [4.78, 5) is -0.386. The second-order valence-corrected chi connectivity index (χ2v) is 5.98. The Morgan fingerprint density at radius 3 is 2.40 bits per heavy atom. The van der Waals surface area contributed by atoms with E-state index in [-0.39, 0.29) is 15.6 Å². The van der Waals surface area contributed by atoms with Crippen LogP contribution < -0.4 is 10.5 Å². The quantitative estimate of drug-likeness (QED) is 0.854. The van der Waals surface area contributed by atoms with E-state index in [0.29, 0.717) is 0 Å². The van der Waals surface area contributed by atoms with E-state index in [1.54, 1.807) is 0 Å². The van der Waals surface area contributed by atoms with E-state index in [1.807, 2.05) is 4.72 Å². The number of hydrogen-bond donors (Lipinski definition) is 2. The number of hydrogen-bond acceptors (Lipinski definition) is 3. The van der Waals surface area contributed by atoms with Gasteiger partial charge in [-0.25, -0.2) is 17.2 Å². The maximum absolute atomic E-state index is 13.5. The molecule has 0 spiro atoms. The Morgan fingerprint density at radius 2 is 1.80 bits per heavy atom. The first-order valence-electron chi connectivity index (χ1n) is 5.33. The van der Waals surface area contributed by atoms with Crippen LogP contribution in [0.25, 0.3) is 0 Å². The van der Waals surface area contributed by atoms with Crippen molar-refractivity contribution in [2.45, 2.75) is 4.90 Å². The molecule has 2 aromatic carbocycles. The Morgan fingerprint density at radius 1 is 1.10 bits per heavy atom. The highest BCUT2D eigenvalue weighted by Crippen LogP contribution is 2.27. The average Bonchev–Trinajstić information content (AvgIpc) is 2.37. The minimum Gasteiger partial charge on any atom is -0.396 e. The summed E-state index contributed by atoms with van der Waals surface area (Å²) in [5.41, 5.74) is 4.68. The minimum absolute atomic E-state index is 0.107. The van der Waals surface area contributed by atoms with Crippen molar-refractivity contribution >= 4 is 33.0 Å². The van der Waals surface area contributed by atoms with Crippen LogP contribution in [-0.2, 0) is 10.0 Å². The molecule has 0 bridgehead atoms. The Labute approximate surface area is 119 Å². The van der Waals surface area contributed by atoms with Gasteiger partial charge in [0.1, 0.15) is 17.3 Å². The van der Waals surface area contributed by atoms with Crippen molar-refractivity contribution in [2.24, 2.45) is 0 Å². The molecule has 2 aromatic rings. The SMILES string of the molecule is Nc1ccc(S(=O)(=O)Nc2c(F)cccc2Cl)cc1F. The van der Waals surface area contributed by atoms with Gasteiger partial charge in [-0.1, -0.05) is 17.7 Å². The van der Waals surface area contributed by atoms with Crippen molar-refractivity contribution in [1.82, 2.24) is 0 Å². The molecule has 0 aliphatic carbocycles. The molecule has 0 aliphatic rings. The molecule has 20 heavy (non-hydrogen) atoms. The standard InChI is InChI=1S/C12H9ClF2N2O2S/c13-8-2-1-3-9(14)12(8)17-20(18,19)7-4-5-11(16)10(15)6-7/h1-6,17H,16H2. The maximum atomic E-state index is 13.5. The summed E-state index contributed by atoms with van der Waals surface area (Å²) in [6.07, 6.45) is 0. The van der Waals surface area contributed by atoms with Gasteiger partial charge >= 0.3 is 0 Å². The molecular weight excluding hydrogens is 310 g/mol. The van der Waals surface area contributed by atoms with Gasteiger partial charge in [0, 0.05) is 0 Å². The molecule has 0 fully saturated rings. The number of nitrogens with two attached hydrogens (primary N) is 1. The lowest BCUT2D eigenvalue weighted by atomic mass is 10.3. The highest BCUT2D eigenvalue weighted by molar-refractivity contribution is 7.92. The Bertz CT molecular complexity index is 746. The summed E-state index contributed by atoms with van der Waals surface area (Å²) >= 11 is 5.72. The van der Waals surface area contributed by atoms with Gasteiger partial charge in [-0.05, 0) is 30.3 Å². The van der Waals surface area contributed by atoms with Crippen LogP contribution in [0.2, 0.25) is 5.02 Å². The normalized spacial score (nSPS) is 11.3. The molecular formula is C12H9ClF2N2O2S. The van der Waals surface area contributed by atoms with Crippen molar-refractivity contribution in [1.29, 1.82) is 0 Å². The lowest BCUT2D eigenvalue weighted by molar-refractivity contribution is 0.594. The Balaban J connectivity index is 2.43. The van der Waals surface area contributed by atoms with E-state index in [9.17, 15) is 17.2 Å². The molecule has 3 N–H and O–H groups in total. The smallest absolute Gasteiger partial charge is 0.262 e. The van der Waals surface area contributed by atoms with Gasteiger partial charge in [-0.2, -0.15) is 0 Å². The number of benzene rings is 2. The van der Waals surface area contributed by atoms with E-state index >= 15 is 0 Å². The van der Waals surface area contributed by atoms with E-state index in [1.165, 1.54) is 12.1 Å². The predicted molar refractivity (Wildman–Crippen MR) is 73.0 cm³/mol. The molecule has 0 radical (unpaired) electrons. The van der Waals surface area contributed by atoms with Crippen LogP contribution in [-0.4, -0.2) is 8.42 Å². The van der Waals surface area contributed by atoms with Gasteiger partial charge in [0.25, 0.3) is 10.0 Å². The second kappa shape index (κ2) is 5.26. The summed E-state index contributed by atoms with van der Waals surface area (Å²) in [6.45, 7) is 0. The summed E-state index contributed by atoms with van der Waals surface area (Å²) in [5, 5.41) is -0.107. The summed E-state index contributed by atoms with van der Waals surface area (Å²) in [7, 11) is -4.17. The highest BCUT2D eigenvalue weighted by atomic mass is 35.5. The average molecular weight is 319 g/mol. The van der Waals surface area contributed by atoms with Crippen LogP contribution in [0.4, 0.5) is 20.2 Å². The summed E-state index contributed by atoms with van der Waals surface area (Å²) < 4.78 is 52.9. The minimum atomic E-state index is -4.17. The number of anilines is 2. The number of para-hydroxylation sites is 1. The Kier molecular flexibility index (Phi) is 3.82. The molecule has 0 heterocycles. The number of halogens is 3. The number of nitrogen functional groups attached to an aromatic ring is 1. The van der Waals surface area contributed by atoms with E-state index in [2.05, 4.69) is 0 Å². The molecule has 0 amide bonds. The molecule has 0 aliphatic heterocycles. The maximum Gasteiger partial charge on any atom is 0.262 e. The fraction of sp³-hybridized carbons (Fsp3) is 0. The molecule has 106 valence electrons. The van der Waals surface area contributed by atoms with Crippen LogP contribution in [0.3, 0.4) is 0 Å².